The molecule has 1 unspecified atom stereocenters. The third-order valence-electron chi connectivity index (χ3n) is 3.65. The number of hydrogen-bond acceptors (Lipinski definition) is 5. The van der Waals surface area contributed by atoms with Crippen LogP contribution in [0, 0.1) is 11.3 Å². The van der Waals surface area contributed by atoms with Crippen LogP contribution in [0.2, 0.25) is 0 Å². The first-order chi connectivity index (χ1) is 11.8. The summed E-state index contributed by atoms with van der Waals surface area (Å²) < 4.78 is 5.23. The van der Waals surface area contributed by atoms with Gasteiger partial charge in [-0.2, -0.15) is 5.26 Å². The van der Waals surface area contributed by atoms with Gasteiger partial charge >= 0.3 is 0 Å². The third-order valence-corrected chi connectivity index (χ3v) is 3.65. The van der Waals surface area contributed by atoms with E-state index < -0.39 is 0 Å². The van der Waals surface area contributed by atoms with Gasteiger partial charge in [0.2, 0.25) is 0 Å². The molecule has 0 saturated heterocycles. The number of anilines is 1. The molecule has 0 fully saturated rings. The Hall–Kier alpha value is -3.39. The Morgan fingerprint density at radius 1 is 0.917 bits per heavy atom. The molecule has 118 valence electrons. The lowest BCUT2D eigenvalue weighted by atomic mass is 9.98. The van der Waals surface area contributed by atoms with Crippen molar-refractivity contribution < 1.29 is 4.74 Å². The molecular weight excluding hydrogens is 300 g/mol. The molecule has 3 aromatic rings. The van der Waals surface area contributed by atoms with Crippen molar-refractivity contribution in [1.82, 2.24) is 10.2 Å². The Kier molecular flexibility index (Phi) is 4.68. The van der Waals surface area contributed by atoms with Crippen molar-refractivity contribution in [1.29, 1.82) is 5.26 Å². The zero-order valence-corrected chi connectivity index (χ0v) is 13.2. The fourth-order valence-corrected chi connectivity index (χ4v) is 2.42. The summed E-state index contributed by atoms with van der Waals surface area (Å²) in [6, 6.07) is 23.3. The molecule has 0 spiro atoms. The lowest BCUT2D eigenvalue weighted by Crippen LogP contribution is -2.13. The van der Waals surface area contributed by atoms with E-state index in [9.17, 15) is 0 Å². The Labute approximate surface area is 140 Å². The van der Waals surface area contributed by atoms with Crippen LogP contribution in [0.1, 0.15) is 22.9 Å². The smallest absolute Gasteiger partial charge is 0.163 e. The summed E-state index contributed by atoms with van der Waals surface area (Å²) in [6.45, 7) is 0. The van der Waals surface area contributed by atoms with E-state index in [4.69, 9.17) is 10.00 Å². The molecule has 3 rings (SSSR count). The largest absolute Gasteiger partial charge is 0.497 e. The summed E-state index contributed by atoms with van der Waals surface area (Å²) in [5, 5.41) is 20.1. The van der Waals surface area contributed by atoms with E-state index in [0.29, 0.717) is 11.5 Å². The van der Waals surface area contributed by atoms with Crippen LogP contribution in [0.15, 0.2) is 66.7 Å². The number of ether oxygens (including phenoxy) is 1. The van der Waals surface area contributed by atoms with Crippen molar-refractivity contribution in [3.63, 3.8) is 0 Å². The van der Waals surface area contributed by atoms with E-state index in [1.165, 1.54) is 0 Å². The normalized spacial score (nSPS) is 11.3. The molecule has 0 saturated carbocycles. The molecule has 1 heterocycles. The molecule has 0 bridgehead atoms. The molecule has 1 atom stereocenters. The lowest BCUT2D eigenvalue weighted by molar-refractivity contribution is 0.414. The SMILES string of the molecule is COc1ccc(C(Nc2ccc(C#N)nn2)c2ccccc2)cc1. The number of nitriles is 1. The van der Waals surface area contributed by atoms with Crippen LogP contribution in [-0.4, -0.2) is 17.3 Å². The van der Waals surface area contributed by atoms with Crippen molar-refractivity contribution in [2.45, 2.75) is 6.04 Å². The first kappa shape index (κ1) is 15.5. The van der Waals surface area contributed by atoms with Crippen LogP contribution >= 0.6 is 0 Å². The quantitative estimate of drug-likeness (QED) is 0.779. The van der Waals surface area contributed by atoms with Crippen LogP contribution in [0.25, 0.3) is 0 Å². The predicted molar refractivity (Wildman–Crippen MR) is 91.6 cm³/mol. The van der Waals surface area contributed by atoms with Gasteiger partial charge in [0.25, 0.3) is 0 Å². The highest BCUT2D eigenvalue weighted by Crippen LogP contribution is 2.27. The maximum absolute atomic E-state index is 8.83. The van der Waals surface area contributed by atoms with Crippen LogP contribution in [0.5, 0.6) is 5.75 Å². The minimum absolute atomic E-state index is 0.0839. The second kappa shape index (κ2) is 7.25. The second-order valence-electron chi connectivity index (χ2n) is 5.18. The molecular formula is C19H16N4O. The van der Waals surface area contributed by atoms with Crippen LogP contribution < -0.4 is 10.1 Å². The van der Waals surface area contributed by atoms with Crippen molar-refractivity contribution >= 4 is 5.82 Å². The highest BCUT2D eigenvalue weighted by atomic mass is 16.5. The van der Waals surface area contributed by atoms with Gasteiger partial charge < -0.3 is 10.1 Å². The standard InChI is InChI=1S/C19H16N4O/c1-24-17-10-7-15(8-11-17)19(14-5-3-2-4-6-14)21-18-12-9-16(13-20)22-23-18/h2-12,19H,1H3,(H,21,23). The fourth-order valence-electron chi connectivity index (χ4n) is 2.42. The Morgan fingerprint density at radius 2 is 1.62 bits per heavy atom. The van der Waals surface area contributed by atoms with Crippen molar-refractivity contribution in [2.75, 3.05) is 12.4 Å². The minimum Gasteiger partial charge on any atom is -0.497 e. The van der Waals surface area contributed by atoms with Gasteiger partial charge in [0.05, 0.1) is 13.2 Å². The molecule has 5 heteroatoms. The second-order valence-corrected chi connectivity index (χ2v) is 5.18. The van der Waals surface area contributed by atoms with Gasteiger partial charge in [-0.05, 0) is 35.4 Å². The molecule has 0 radical (unpaired) electrons. The number of aromatic nitrogens is 2. The van der Waals surface area contributed by atoms with Crippen LogP contribution in [-0.2, 0) is 0 Å². The summed E-state index contributed by atoms with van der Waals surface area (Å²) in [6.07, 6.45) is 0. The fraction of sp³-hybridized carbons (Fsp3) is 0.105. The number of methoxy groups -OCH3 is 1. The van der Waals surface area contributed by atoms with E-state index in [2.05, 4.69) is 27.6 Å². The van der Waals surface area contributed by atoms with Gasteiger partial charge in [0, 0.05) is 0 Å². The zero-order chi connectivity index (χ0) is 16.8. The summed E-state index contributed by atoms with van der Waals surface area (Å²) in [5.74, 6) is 1.42. The van der Waals surface area contributed by atoms with Gasteiger partial charge in [-0.3, -0.25) is 0 Å². The average Bonchev–Trinajstić information content (AvgIpc) is 2.67. The minimum atomic E-state index is -0.0839. The number of benzene rings is 2. The first-order valence-corrected chi connectivity index (χ1v) is 7.49. The lowest BCUT2D eigenvalue weighted by Gasteiger charge is -2.20. The molecule has 0 aliphatic rings. The molecule has 2 aromatic carbocycles. The molecule has 1 N–H and O–H groups in total. The van der Waals surface area contributed by atoms with Gasteiger partial charge in [-0.15, -0.1) is 10.2 Å². The molecule has 1 aromatic heterocycles. The van der Waals surface area contributed by atoms with E-state index in [1.807, 2.05) is 48.5 Å². The van der Waals surface area contributed by atoms with Crippen molar-refractivity contribution in [2.24, 2.45) is 0 Å². The highest BCUT2D eigenvalue weighted by molar-refractivity contribution is 5.45. The van der Waals surface area contributed by atoms with Crippen molar-refractivity contribution in [3.8, 4) is 11.8 Å². The van der Waals surface area contributed by atoms with Gasteiger partial charge in [-0.25, -0.2) is 0 Å². The summed E-state index contributed by atoms with van der Waals surface area (Å²) in [7, 11) is 1.65. The first-order valence-electron chi connectivity index (χ1n) is 7.49. The predicted octanol–water partition coefficient (Wildman–Crippen LogP) is 3.56. The molecule has 0 aliphatic heterocycles. The third kappa shape index (κ3) is 3.50. The summed E-state index contributed by atoms with van der Waals surface area (Å²) >= 11 is 0. The van der Waals surface area contributed by atoms with E-state index in [0.717, 1.165) is 16.9 Å². The van der Waals surface area contributed by atoms with Gasteiger partial charge in [0.1, 0.15) is 17.6 Å². The number of nitrogens with zero attached hydrogens (tertiary/aromatic N) is 3. The number of nitrogens with one attached hydrogen (secondary N) is 1. The van der Waals surface area contributed by atoms with Gasteiger partial charge in [-0.1, -0.05) is 42.5 Å². The highest BCUT2D eigenvalue weighted by Gasteiger charge is 2.15. The summed E-state index contributed by atoms with van der Waals surface area (Å²) in [5.41, 5.74) is 2.48. The Bertz CT molecular complexity index is 824. The van der Waals surface area contributed by atoms with Crippen LogP contribution in [0.3, 0.4) is 0 Å². The van der Waals surface area contributed by atoms with E-state index >= 15 is 0 Å². The van der Waals surface area contributed by atoms with E-state index in [1.54, 1.807) is 19.2 Å². The average molecular weight is 316 g/mol. The molecule has 24 heavy (non-hydrogen) atoms. The zero-order valence-electron chi connectivity index (χ0n) is 13.2. The summed E-state index contributed by atoms with van der Waals surface area (Å²) in [4.78, 5) is 0. The van der Waals surface area contributed by atoms with Crippen molar-refractivity contribution in [3.05, 3.63) is 83.6 Å². The maximum atomic E-state index is 8.83. The molecule has 0 aliphatic carbocycles. The number of hydrogen-bond donors (Lipinski definition) is 1. The molecule has 5 nitrogen and oxygen atoms in total. The van der Waals surface area contributed by atoms with Gasteiger partial charge in [0.15, 0.2) is 5.69 Å². The monoisotopic (exact) mass is 316 g/mol. The van der Waals surface area contributed by atoms with E-state index in [-0.39, 0.29) is 6.04 Å². The maximum Gasteiger partial charge on any atom is 0.163 e. The molecule has 0 amide bonds. The topological polar surface area (TPSA) is 70.8 Å². The number of rotatable bonds is 5. The Balaban J connectivity index is 1.93. The van der Waals surface area contributed by atoms with Crippen LogP contribution in [0.4, 0.5) is 5.82 Å². The Morgan fingerprint density at radius 3 is 2.21 bits per heavy atom.